The van der Waals surface area contributed by atoms with E-state index in [1.807, 2.05) is 6.07 Å². The zero-order chi connectivity index (χ0) is 18.6. The number of halogens is 1. The monoisotopic (exact) mass is 354 g/mol. The first-order valence-corrected chi connectivity index (χ1v) is 8.33. The Bertz CT molecular complexity index is 854. The number of carbonyl (C=O) groups excluding carboxylic acids is 1. The molecule has 6 heteroatoms. The summed E-state index contributed by atoms with van der Waals surface area (Å²) in [5, 5.41) is 12.0. The van der Waals surface area contributed by atoms with Crippen LogP contribution in [0.2, 0.25) is 0 Å². The van der Waals surface area contributed by atoms with Crippen LogP contribution in [0.4, 0.5) is 10.1 Å². The fourth-order valence-electron chi connectivity index (χ4n) is 3.31. The third-order valence-electron chi connectivity index (χ3n) is 4.75. The van der Waals surface area contributed by atoms with Crippen LogP contribution in [0.3, 0.4) is 0 Å². The van der Waals surface area contributed by atoms with Gasteiger partial charge in [-0.2, -0.15) is 5.26 Å². The van der Waals surface area contributed by atoms with Gasteiger partial charge in [0.2, 0.25) is 5.91 Å². The van der Waals surface area contributed by atoms with Crippen molar-refractivity contribution in [2.45, 2.75) is 18.3 Å². The normalized spacial score (nSPS) is 15.7. The molecule has 1 N–H and O–H groups in total. The van der Waals surface area contributed by atoms with Gasteiger partial charge in [0, 0.05) is 24.5 Å². The molecule has 0 aliphatic carbocycles. The first-order valence-electron chi connectivity index (χ1n) is 8.33. The molecule has 0 aromatic heterocycles. The minimum Gasteiger partial charge on any atom is -0.495 e. The molecule has 5 nitrogen and oxygen atoms in total. The number of methoxy groups -OCH3 is 1. The predicted molar refractivity (Wildman–Crippen MR) is 94.5 cm³/mol. The molecule has 1 aliphatic rings. The maximum absolute atomic E-state index is 14.5. The van der Waals surface area contributed by atoms with E-state index >= 15 is 0 Å². The van der Waals surface area contributed by atoms with Gasteiger partial charge in [-0.05, 0) is 37.1 Å². The zero-order valence-corrected chi connectivity index (χ0v) is 14.4. The van der Waals surface area contributed by atoms with Crippen LogP contribution < -0.4 is 10.1 Å². The Labute approximate surface area is 151 Å². The van der Waals surface area contributed by atoms with Crippen molar-refractivity contribution in [1.82, 2.24) is 0 Å². The van der Waals surface area contributed by atoms with Crippen LogP contribution in [-0.2, 0) is 14.9 Å². The van der Waals surface area contributed by atoms with Gasteiger partial charge in [0.05, 0.1) is 18.1 Å². The first kappa shape index (κ1) is 17.9. The highest BCUT2D eigenvalue weighted by atomic mass is 19.1. The van der Waals surface area contributed by atoms with Crippen molar-refractivity contribution in [3.05, 3.63) is 59.4 Å². The van der Waals surface area contributed by atoms with Crippen LogP contribution in [0.25, 0.3) is 0 Å². The molecule has 0 atom stereocenters. The van der Waals surface area contributed by atoms with E-state index in [0.717, 1.165) is 0 Å². The SMILES string of the molecule is COc1ccc(NC(=O)C2(c3ccccc3F)CCOCC2)cc1C#N. The molecule has 1 heterocycles. The van der Waals surface area contributed by atoms with Gasteiger partial charge in [0.1, 0.15) is 17.6 Å². The van der Waals surface area contributed by atoms with Crippen molar-refractivity contribution in [2.24, 2.45) is 0 Å². The van der Waals surface area contributed by atoms with Gasteiger partial charge in [-0.15, -0.1) is 0 Å². The van der Waals surface area contributed by atoms with E-state index in [4.69, 9.17) is 9.47 Å². The van der Waals surface area contributed by atoms with Crippen LogP contribution in [0.5, 0.6) is 5.75 Å². The lowest BCUT2D eigenvalue weighted by Gasteiger charge is -2.36. The minimum atomic E-state index is -1.00. The Kier molecular flexibility index (Phi) is 5.19. The molecule has 1 saturated heterocycles. The summed E-state index contributed by atoms with van der Waals surface area (Å²) in [7, 11) is 1.48. The topological polar surface area (TPSA) is 71.3 Å². The van der Waals surface area contributed by atoms with Gasteiger partial charge in [-0.1, -0.05) is 18.2 Å². The highest BCUT2D eigenvalue weighted by Crippen LogP contribution is 2.37. The van der Waals surface area contributed by atoms with E-state index in [2.05, 4.69) is 5.32 Å². The van der Waals surface area contributed by atoms with E-state index in [9.17, 15) is 14.4 Å². The Balaban J connectivity index is 1.95. The molecule has 1 fully saturated rings. The molecule has 1 amide bonds. The first-order chi connectivity index (χ1) is 12.6. The lowest BCUT2D eigenvalue weighted by Crippen LogP contribution is -2.45. The molecule has 26 heavy (non-hydrogen) atoms. The molecule has 0 bridgehead atoms. The summed E-state index contributed by atoms with van der Waals surface area (Å²) in [6.07, 6.45) is 0.780. The van der Waals surface area contributed by atoms with E-state index in [-0.39, 0.29) is 5.91 Å². The summed E-state index contributed by atoms with van der Waals surface area (Å²) >= 11 is 0. The number of carbonyl (C=O) groups is 1. The number of nitriles is 1. The average molecular weight is 354 g/mol. The third kappa shape index (κ3) is 3.26. The lowest BCUT2D eigenvalue weighted by atomic mass is 9.73. The molecule has 0 unspecified atom stereocenters. The van der Waals surface area contributed by atoms with Gasteiger partial charge in [0.25, 0.3) is 0 Å². The summed E-state index contributed by atoms with van der Waals surface area (Å²) < 4.78 is 25.0. The molecular weight excluding hydrogens is 335 g/mol. The number of amides is 1. The van der Waals surface area contributed by atoms with Gasteiger partial charge in [-0.3, -0.25) is 4.79 Å². The largest absolute Gasteiger partial charge is 0.495 e. The molecule has 2 aromatic rings. The van der Waals surface area contributed by atoms with Gasteiger partial charge in [0.15, 0.2) is 0 Å². The van der Waals surface area contributed by atoms with E-state index in [1.54, 1.807) is 36.4 Å². The standard InChI is InChI=1S/C20H19FN2O3/c1-25-18-7-6-15(12-14(18)13-22)23-19(24)20(8-10-26-11-9-20)16-4-2-3-5-17(16)21/h2-7,12H,8-11H2,1H3,(H,23,24). The van der Waals surface area contributed by atoms with Gasteiger partial charge >= 0.3 is 0 Å². The number of nitrogens with one attached hydrogen (secondary N) is 1. The molecule has 1 aliphatic heterocycles. The number of nitrogens with zero attached hydrogens (tertiary/aromatic N) is 1. The van der Waals surface area contributed by atoms with Gasteiger partial charge in [-0.25, -0.2) is 4.39 Å². The van der Waals surface area contributed by atoms with Gasteiger partial charge < -0.3 is 14.8 Å². The molecule has 0 radical (unpaired) electrons. The number of hydrogen-bond acceptors (Lipinski definition) is 4. The zero-order valence-electron chi connectivity index (χ0n) is 14.4. The highest BCUT2D eigenvalue weighted by Gasteiger charge is 2.43. The van der Waals surface area contributed by atoms with Crippen molar-refractivity contribution in [3.8, 4) is 11.8 Å². The number of benzene rings is 2. The summed E-state index contributed by atoms with van der Waals surface area (Å²) in [5.41, 5.74) is 0.151. The number of ether oxygens (including phenoxy) is 2. The summed E-state index contributed by atoms with van der Waals surface area (Å²) in [6, 6.07) is 13.2. The highest BCUT2D eigenvalue weighted by molar-refractivity contribution is 5.99. The van der Waals surface area contributed by atoms with Crippen molar-refractivity contribution >= 4 is 11.6 Å². The van der Waals surface area contributed by atoms with Crippen molar-refractivity contribution in [1.29, 1.82) is 5.26 Å². The Morgan fingerprint density at radius 1 is 1.27 bits per heavy atom. The van der Waals surface area contributed by atoms with Crippen LogP contribution >= 0.6 is 0 Å². The maximum atomic E-state index is 14.5. The van der Waals surface area contributed by atoms with Crippen LogP contribution in [0.1, 0.15) is 24.0 Å². The lowest BCUT2D eigenvalue weighted by molar-refractivity contribution is -0.125. The fourth-order valence-corrected chi connectivity index (χ4v) is 3.31. The van der Waals surface area contributed by atoms with Crippen LogP contribution in [-0.4, -0.2) is 26.2 Å². The maximum Gasteiger partial charge on any atom is 0.235 e. The van der Waals surface area contributed by atoms with E-state index in [1.165, 1.54) is 13.2 Å². The molecule has 0 saturated carbocycles. The molecule has 2 aromatic carbocycles. The summed E-state index contributed by atoms with van der Waals surface area (Å²) in [5.74, 6) is -0.280. The molecular formula is C20H19FN2O3. The van der Waals surface area contributed by atoms with Crippen LogP contribution in [0.15, 0.2) is 42.5 Å². The molecule has 3 rings (SSSR count). The molecule has 0 spiro atoms. The Morgan fingerprint density at radius 2 is 2.00 bits per heavy atom. The number of anilines is 1. The quantitative estimate of drug-likeness (QED) is 0.913. The second-order valence-electron chi connectivity index (χ2n) is 6.16. The third-order valence-corrected chi connectivity index (χ3v) is 4.75. The molecule has 134 valence electrons. The minimum absolute atomic E-state index is 0.306. The second-order valence-corrected chi connectivity index (χ2v) is 6.16. The smallest absolute Gasteiger partial charge is 0.235 e. The average Bonchev–Trinajstić information content (AvgIpc) is 2.68. The predicted octanol–water partition coefficient (Wildman–Crippen LogP) is 3.39. The van der Waals surface area contributed by atoms with E-state index < -0.39 is 11.2 Å². The fraction of sp³-hybridized carbons (Fsp3) is 0.300. The summed E-state index contributed by atoms with van der Waals surface area (Å²) in [6.45, 7) is 0.766. The number of hydrogen-bond donors (Lipinski definition) is 1. The Hall–Kier alpha value is -2.91. The van der Waals surface area contributed by atoms with Crippen molar-refractivity contribution in [3.63, 3.8) is 0 Å². The second kappa shape index (κ2) is 7.54. The Morgan fingerprint density at radius 3 is 2.65 bits per heavy atom. The van der Waals surface area contributed by atoms with Crippen molar-refractivity contribution < 1.29 is 18.7 Å². The van der Waals surface area contributed by atoms with E-state index in [0.29, 0.717) is 48.6 Å². The number of rotatable bonds is 4. The van der Waals surface area contributed by atoms with Crippen molar-refractivity contribution in [2.75, 3.05) is 25.6 Å². The van der Waals surface area contributed by atoms with Crippen LogP contribution in [0, 0.1) is 17.1 Å². The summed E-state index contributed by atoms with van der Waals surface area (Å²) in [4.78, 5) is 13.1.